The first-order chi connectivity index (χ1) is 14.9. The van der Waals surface area contributed by atoms with Crippen molar-refractivity contribution in [1.82, 2.24) is 9.80 Å². The minimum absolute atomic E-state index is 0.114. The number of nitrogens with two attached hydrogens (primary N) is 1. The zero-order chi connectivity index (χ0) is 23.9. The fourth-order valence-electron chi connectivity index (χ4n) is 3.91. The van der Waals surface area contributed by atoms with Crippen molar-refractivity contribution in [3.63, 3.8) is 0 Å². The normalized spacial score (nSPS) is 23.7. The van der Waals surface area contributed by atoms with Gasteiger partial charge in [-0.15, -0.1) is 0 Å². The molecule has 1 aliphatic rings. The fourth-order valence-corrected chi connectivity index (χ4v) is 4.69. The predicted molar refractivity (Wildman–Crippen MR) is 121 cm³/mol. The van der Waals surface area contributed by atoms with Gasteiger partial charge in [-0.2, -0.15) is 4.39 Å². The van der Waals surface area contributed by atoms with E-state index in [0.29, 0.717) is 11.1 Å². The third-order valence-electron chi connectivity index (χ3n) is 5.54. The Morgan fingerprint density at radius 2 is 1.59 bits per heavy atom. The number of benzene rings is 2. The van der Waals surface area contributed by atoms with Crippen LogP contribution < -0.4 is 5.14 Å². The second-order valence-electron chi connectivity index (χ2n) is 7.98. The van der Waals surface area contributed by atoms with Gasteiger partial charge in [-0.1, -0.05) is 42.5 Å². The standard InChI is InChI=1S/C23H27F2N3O3S/c1-27(2)20-14-17(15-22(24,28(3)4)23(20,25)31-5)21-18(16-10-7-6-8-11-16)12-9-13-19(21)32(26,29)30/h6-15H,1-5H3,(H2,26,29,30). The minimum Gasteiger partial charge on any atom is -0.376 e. The SMILES string of the molecule is COC1(F)C(N(C)C)=CC(c2c(-c3ccccc3)cccc2S(N)(=O)=O)=CC1(F)N(C)C. The van der Waals surface area contributed by atoms with E-state index in [1.54, 1.807) is 50.5 Å². The van der Waals surface area contributed by atoms with E-state index in [2.05, 4.69) is 0 Å². The summed E-state index contributed by atoms with van der Waals surface area (Å²) >= 11 is 0. The monoisotopic (exact) mass is 463 g/mol. The van der Waals surface area contributed by atoms with Crippen LogP contribution >= 0.6 is 0 Å². The van der Waals surface area contributed by atoms with Gasteiger partial charge in [-0.25, -0.2) is 17.9 Å². The van der Waals surface area contributed by atoms with Crippen LogP contribution in [0.5, 0.6) is 0 Å². The third-order valence-corrected chi connectivity index (χ3v) is 6.49. The molecule has 32 heavy (non-hydrogen) atoms. The minimum atomic E-state index is -4.19. The smallest absolute Gasteiger partial charge is 0.301 e. The largest absolute Gasteiger partial charge is 0.376 e. The molecule has 6 nitrogen and oxygen atoms in total. The van der Waals surface area contributed by atoms with Gasteiger partial charge in [0.15, 0.2) is 0 Å². The van der Waals surface area contributed by atoms with Crippen LogP contribution in [0.4, 0.5) is 8.78 Å². The number of alkyl halides is 2. The second-order valence-corrected chi connectivity index (χ2v) is 9.51. The first-order valence-electron chi connectivity index (χ1n) is 9.81. The molecule has 2 aromatic rings. The lowest BCUT2D eigenvalue weighted by Crippen LogP contribution is -2.60. The number of primary sulfonamides is 1. The number of methoxy groups -OCH3 is 1. The van der Waals surface area contributed by atoms with Crippen LogP contribution in [0.15, 0.2) is 71.3 Å². The van der Waals surface area contributed by atoms with Gasteiger partial charge < -0.3 is 9.64 Å². The van der Waals surface area contributed by atoms with Gasteiger partial charge in [0.1, 0.15) is 0 Å². The van der Waals surface area contributed by atoms with E-state index in [1.807, 2.05) is 6.07 Å². The Balaban J connectivity index is 2.45. The summed E-state index contributed by atoms with van der Waals surface area (Å²) in [6, 6.07) is 13.7. The van der Waals surface area contributed by atoms with E-state index in [0.717, 1.165) is 18.1 Å². The molecule has 0 heterocycles. The summed E-state index contributed by atoms with van der Waals surface area (Å²) in [7, 11) is 2.77. The molecule has 3 rings (SSSR count). The molecular formula is C23H27F2N3O3S. The molecule has 0 spiro atoms. The molecule has 0 saturated carbocycles. The van der Waals surface area contributed by atoms with Crippen molar-refractivity contribution >= 4 is 15.6 Å². The second kappa shape index (κ2) is 8.40. The lowest BCUT2D eigenvalue weighted by molar-refractivity contribution is -0.224. The number of nitrogens with zero attached hydrogens (tertiary/aromatic N) is 2. The van der Waals surface area contributed by atoms with E-state index in [9.17, 15) is 8.42 Å². The summed E-state index contributed by atoms with van der Waals surface area (Å²) in [4.78, 5) is 2.26. The summed E-state index contributed by atoms with van der Waals surface area (Å²) in [5.41, 5.74) is 1.45. The highest BCUT2D eigenvalue weighted by Crippen LogP contribution is 2.48. The van der Waals surface area contributed by atoms with E-state index in [4.69, 9.17) is 9.88 Å². The first-order valence-corrected chi connectivity index (χ1v) is 11.4. The van der Waals surface area contributed by atoms with E-state index < -0.39 is 21.7 Å². The molecule has 2 N–H and O–H groups in total. The van der Waals surface area contributed by atoms with Crippen LogP contribution in [0.2, 0.25) is 0 Å². The van der Waals surface area contributed by atoms with Crippen LogP contribution in [-0.4, -0.2) is 65.2 Å². The highest BCUT2D eigenvalue weighted by atomic mass is 32.2. The van der Waals surface area contributed by atoms with Crippen molar-refractivity contribution in [1.29, 1.82) is 0 Å². The number of halogens is 2. The quantitative estimate of drug-likeness (QED) is 0.665. The summed E-state index contributed by atoms with van der Waals surface area (Å²) in [6.07, 6.45) is 2.43. The van der Waals surface area contributed by atoms with Crippen molar-refractivity contribution in [2.45, 2.75) is 16.5 Å². The summed E-state index contributed by atoms with van der Waals surface area (Å²) in [5, 5.41) is 5.52. The molecular weight excluding hydrogens is 436 g/mol. The molecule has 0 aromatic heterocycles. The van der Waals surface area contributed by atoms with Crippen LogP contribution in [0, 0.1) is 0 Å². The molecule has 0 radical (unpaired) electrons. The molecule has 2 aromatic carbocycles. The maximum Gasteiger partial charge on any atom is 0.301 e. The fraction of sp³-hybridized carbons (Fsp3) is 0.304. The Hall–Kier alpha value is -2.59. The van der Waals surface area contributed by atoms with Gasteiger partial charge in [-0.05, 0) is 49.0 Å². The average molecular weight is 464 g/mol. The number of ether oxygens (including phenoxy) is 1. The first kappa shape index (κ1) is 24.1. The van der Waals surface area contributed by atoms with E-state index in [1.165, 1.54) is 31.1 Å². The molecule has 2 atom stereocenters. The molecule has 2 unspecified atom stereocenters. The van der Waals surface area contributed by atoms with Crippen molar-refractivity contribution in [2.24, 2.45) is 5.14 Å². The van der Waals surface area contributed by atoms with Crippen molar-refractivity contribution in [2.75, 3.05) is 35.3 Å². The number of hydrogen-bond donors (Lipinski definition) is 1. The Bertz CT molecular complexity index is 1180. The lowest BCUT2D eigenvalue weighted by atomic mass is 9.85. The topological polar surface area (TPSA) is 75.9 Å². The van der Waals surface area contributed by atoms with Crippen molar-refractivity contribution in [3.8, 4) is 11.1 Å². The molecule has 0 aliphatic heterocycles. The van der Waals surface area contributed by atoms with Gasteiger partial charge in [-0.3, -0.25) is 4.90 Å². The lowest BCUT2D eigenvalue weighted by Gasteiger charge is -2.45. The number of allylic oxidation sites excluding steroid dienone is 2. The van der Waals surface area contributed by atoms with E-state index in [-0.39, 0.29) is 21.7 Å². The van der Waals surface area contributed by atoms with E-state index >= 15 is 8.78 Å². The van der Waals surface area contributed by atoms with Gasteiger partial charge in [0.2, 0.25) is 15.8 Å². The van der Waals surface area contributed by atoms with Gasteiger partial charge >= 0.3 is 5.85 Å². The molecule has 9 heteroatoms. The molecule has 0 fully saturated rings. The maximum absolute atomic E-state index is 16.4. The summed E-state index contributed by atoms with van der Waals surface area (Å²) in [5.74, 6) is -5.59. The molecule has 1 aliphatic carbocycles. The molecule has 0 amide bonds. The number of rotatable bonds is 6. The number of sulfonamides is 1. The zero-order valence-corrected chi connectivity index (χ0v) is 19.5. The number of likely N-dealkylation sites (N-methyl/N-ethyl adjacent to an activating group) is 2. The molecule has 0 bridgehead atoms. The summed E-state index contributed by atoms with van der Waals surface area (Å²) in [6.45, 7) is 0. The molecule has 0 saturated heterocycles. The van der Waals surface area contributed by atoms with Gasteiger partial charge in [0, 0.05) is 26.8 Å². The maximum atomic E-state index is 16.4. The highest BCUT2D eigenvalue weighted by molar-refractivity contribution is 7.89. The average Bonchev–Trinajstić information content (AvgIpc) is 2.74. The Kier molecular flexibility index (Phi) is 6.32. The third kappa shape index (κ3) is 3.86. The Morgan fingerprint density at radius 1 is 0.969 bits per heavy atom. The predicted octanol–water partition coefficient (Wildman–Crippen LogP) is 3.38. The van der Waals surface area contributed by atoms with Crippen LogP contribution in [0.25, 0.3) is 16.7 Å². The van der Waals surface area contributed by atoms with Gasteiger partial charge in [0.25, 0.3) is 0 Å². The molecule has 172 valence electrons. The van der Waals surface area contributed by atoms with Crippen molar-refractivity contribution < 1.29 is 21.9 Å². The van der Waals surface area contributed by atoms with Crippen molar-refractivity contribution in [3.05, 3.63) is 71.9 Å². The zero-order valence-electron chi connectivity index (χ0n) is 18.6. The highest BCUT2D eigenvalue weighted by Gasteiger charge is 2.60. The van der Waals surface area contributed by atoms with Crippen LogP contribution in [0.1, 0.15) is 5.56 Å². The number of hydrogen-bond acceptors (Lipinski definition) is 5. The van der Waals surface area contributed by atoms with Crippen LogP contribution in [0.3, 0.4) is 0 Å². The Labute approximate surface area is 187 Å². The summed E-state index contributed by atoms with van der Waals surface area (Å²) < 4.78 is 62.4. The van der Waals surface area contributed by atoms with Gasteiger partial charge in [0.05, 0.1) is 10.6 Å². The Morgan fingerprint density at radius 3 is 2.09 bits per heavy atom. The van der Waals surface area contributed by atoms with Crippen LogP contribution in [-0.2, 0) is 14.8 Å².